The number of unbranched alkanes of at least 4 members (excludes halogenated alkanes) is 2. The summed E-state index contributed by atoms with van der Waals surface area (Å²) in [6.45, 7) is 12.4. The van der Waals surface area contributed by atoms with Crippen LogP contribution in [0.4, 0.5) is 0 Å². The van der Waals surface area contributed by atoms with E-state index in [2.05, 4.69) is 80.2 Å². The molecule has 2 aromatic rings. The van der Waals surface area contributed by atoms with Crippen molar-refractivity contribution in [1.82, 2.24) is 15.3 Å². The van der Waals surface area contributed by atoms with Gasteiger partial charge in [-0.2, -0.15) is 0 Å². The van der Waals surface area contributed by atoms with E-state index < -0.39 is 0 Å². The number of benzene rings is 2. The molecule has 2 aliphatic heterocycles. The molecule has 0 radical (unpaired) electrons. The molecule has 2 aliphatic rings. The molecule has 4 nitrogen and oxygen atoms in total. The van der Waals surface area contributed by atoms with Crippen LogP contribution in [0, 0.1) is 5.92 Å². The highest BCUT2D eigenvalue weighted by Crippen LogP contribution is 2.38. The Balaban J connectivity index is 1.69. The lowest BCUT2D eigenvalue weighted by Crippen LogP contribution is -2.54. The molecule has 2 aromatic carbocycles. The van der Waals surface area contributed by atoms with Crippen LogP contribution in [0.2, 0.25) is 0 Å². The Kier molecular flexibility index (Phi) is 6.47. The van der Waals surface area contributed by atoms with Crippen LogP contribution >= 0.6 is 0 Å². The molecule has 1 unspecified atom stereocenters. The monoisotopic (exact) mass is 417 g/mol. The molecule has 4 heteroatoms. The maximum atomic E-state index is 12.9. The Labute approximate surface area is 186 Å². The Morgan fingerprint density at radius 1 is 1.13 bits per heavy atom. The van der Waals surface area contributed by atoms with Gasteiger partial charge in [0, 0.05) is 17.8 Å². The molecule has 0 aromatic heterocycles. The van der Waals surface area contributed by atoms with Gasteiger partial charge in [-0.3, -0.25) is 4.79 Å². The second-order valence-corrected chi connectivity index (χ2v) is 9.29. The Bertz CT molecular complexity index is 1000. The average molecular weight is 418 g/mol. The number of carbonyl (C=O) groups excluding carboxylic acids is 1. The van der Waals surface area contributed by atoms with Crippen molar-refractivity contribution < 1.29 is 4.79 Å². The van der Waals surface area contributed by atoms with Crippen LogP contribution in [-0.4, -0.2) is 28.5 Å². The predicted octanol–water partition coefficient (Wildman–Crippen LogP) is 5.77. The zero-order valence-electron chi connectivity index (χ0n) is 19.2. The summed E-state index contributed by atoms with van der Waals surface area (Å²) in [7, 11) is 0. The lowest BCUT2D eigenvalue weighted by molar-refractivity contribution is -0.134. The minimum absolute atomic E-state index is 0.0947. The van der Waals surface area contributed by atoms with Gasteiger partial charge in [0.05, 0.1) is 13.0 Å². The summed E-state index contributed by atoms with van der Waals surface area (Å²) in [6, 6.07) is 15.1. The van der Waals surface area contributed by atoms with Crippen molar-refractivity contribution >= 4 is 16.7 Å². The number of hydrogen-bond acceptors (Lipinski definition) is 3. The van der Waals surface area contributed by atoms with Crippen LogP contribution < -0.4 is 5.43 Å². The molecule has 0 aliphatic carbocycles. The first-order chi connectivity index (χ1) is 15.0. The van der Waals surface area contributed by atoms with Gasteiger partial charge < -0.3 is 9.91 Å². The largest absolute Gasteiger partial charge is 0.321 e. The first-order valence-electron chi connectivity index (χ1n) is 11.7. The van der Waals surface area contributed by atoms with E-state index in [1.165, 1.54) is 40.4 Å². The van der Waals surface area contributed by atoms with Crippen molar-refractivity contribution in [1.29, 1.82) is 0 Å². The summed E-state index contributed by atoms with van der Waals surface area (Å²) in [5.41, 5.74) is 8.54. The van der Waals surface area contributed by atoms with Gasteiger partial charge in [0.15, 0.2) is 0 Å². The molecule has 164 valence electrons. The van der Waals surface area contributed by atoms with Crippen molar-refractivity contribution in [3.05, 3.63) is 71.5 Å². The third kappa shape index (κ3) is 4.40. The van der Waals surface area contributed by atoms with E-state index in [0.29, 0.717) is 12.3 Å². The maximum absolute atomic E-state index is 12.9. The minimum Gasteiger partial charge on any atom is -0.321 e. The highest BCUT2D eigenvalue weighted by Gasteiger charge is 2.42. The first kappa shape index (κ1) is 21.6. The van der Waals surface area contributed by atoms with Gasteiger partial charge in [-0.05, 0) is 40.7 Å². The second-order valence-electron chi connectivity index (χ2n) is 9.29. The summed E-state index contributed by atoms with van der Waals surface area (Å²) < 4.78 is 0. The van der Waals surface area contributed by atoms with E-state index in [9.17, 15) is 4.79 Å². The van der Waals surface area contributed by atoms with E-state index in [-0.39, 0.29) is 12.1 Å². The fourth-order valence-electron chi connectivity index (χ4n) is 4.89. The van der Waals surface area contributed by atoms with E-state index >= 15 is 0 Å². The van der Waals surface area contributed by atoms with Gasteiger partial charge in [0.1, 0.15) is 6.17 Å². The molecule has 1 fully saturated rings. The number of hydrogen-bond donors (Lipinski definition) is 1. The summed E-state index contributed by atoms with van der Waals surface area (Å²) in [4.78, 5) is 14.9. The molecule has 0 spiro atoms. The fraction of sp³-hybridized carbons (Fsp3) is 0.444. The van der Waals surface area contributed by atoms with Gasteiger partial charge in [-0.15, -0.1) is 0 Å². The molecule has 0 bridgehead atoms. The first-order valence-corrected chi connectivity index (χ1v) is 11.7. The molecule has 31 heavy (non-hydrogen) atoms. The third-order valence-electron chi connectivity index (χ3n) is 6.35. The number of hydrazine groups is 1. The van der Waals surface area contributed by atoms with E-state index in [0.717, 1.165) is 31.5 Å². The van der Waals surface area contributed by atoms with Crippen LogP contribution in [0.3, 0.4) is 0 Å². The van der Waals surface area contributed by atoms with E-state index in [1.54, 1.807) is 0 Å². The van der Waals surface area contributed by atoms with E-state index in [4.69, 9.17) is 0 Å². The lowest BCUT2D eigenvalue weighted by Gasteiger charge is -2.37. The van der Waals surface area contributed by atoms with Crippen LogP contribution in [0.1, 0.15) is 58.4 Å². The van der Waals surface area contributed by atoms with E-state index in [1.807, 2.05) is 4.90 Å². The molecule has 1 atom stereocenters. The van der Waals surface area contributed by atoms with Crippen molar-refractivity contribution in [2.45, 2.75) is 65.6 Å². The van der Waals surface area contributed by atoms with Crippen LogP contribution in [-0.2, 0) is 11.3 Å². The molecule has 1 saturated heterocycles. The van der Waals surface area contributed by atoms with Crippen molar-refractivity contribution in [2.75, 3.05) is 6.54 Å². The minimum atomic E-state index is -0.0947. The van der Waals surface area contributed by atoms with Gasteiger partial charge in [0.2, 0.25) is 5.91 Å². The SMILES string of the molecule is C=C1CC(=O)N(CC(C)C)C2NN(Cc3cccc4ccccc34)C(CCCCC)=C12. The normalized spacial score (nSPS) is 19.2. The maximum Gasteiger partial charge on any atom is 0.228 e. The number of fused-ring (bicyclic) bond motifs is 2. The summed E-state index contributed by atoms with van der Waals surface area (Å²) in [6.07, 6.45) is 4.91. The molecular weight excluding hydrogens is 382 g/mol. The van der Waals surface area contributed by atoms with Crippen molar-refractivity contribution in [3.8, 4) is 0 Å². The molecule has 4 rings (SSSR count). The number of amides is 1. The second kappa shape index (κ2) is 9.27. The Hall–Kier alpha value is -2.59. The lowest BCUT2D eigenvalue weighted by atomic mass is 9.92. The molecule has 1 amide bonds. The number of piperidine rings is 1. The van der Waals surface area contributed by atoms with Gasteiger partial charge >= 0.3 is 0 Å². The number of nitrogens with zero attached hydrogens (tertiary/aromatic N) is 2. The predicted molar refractivity (Wildman–Crippen MR) is 128 cm³/mol. The molecule has 1 N–H and O–H groups in total. The van der Waals surface area contributed by atoms with Crippen molar-refractivity contribution in [3.63, 3.8) is 0 Å². The third-order valence-corrected chi connectivity index (χ3v) is 6.35. The molecule has 0 saturated carbocycles. The summed E-state index contributed by atoms with van der Waals surface area (Å²) >= 11 is 0. The van der Waals surface area contributed by atoms with Crippen LogP contribution in [0.5, 0.6) is 0 Å². The van der Waals surface area contributed by atoms with Gasteiger partial charge in [0.25, 0.3) is 0 Å². The topological polar surface area (TPSA) is 35.6 Å². The highest BCUT2D eigenvalue weighted by molar-refractivity contribution is 5.86. The Morgan fingerprint density at radius 2 is 1.90 bits per heavy atom. The number of rotatable bonds is 8. The molecular formula is C27H35N3O. The number of nitrogens with one attached hydrogen (secondary N) is 1. The average Bonchev–Trinajstić information content (AvgIpc) is 3.10. The Morgan fingerprint density at radius 3 is 2.68 bits per heavy atom. The summed E-state index contributed by atoms with van der Waals surface area (Å²) in [5.74, 6) is 0.605. The smallest absolute Gasteiger partial charge is 0.228 e. The number of likely N-dealkylation sites (tertiary alicyclic amines) is 1. The quantitative estimate of drug-likeness (QED) is 0.554. The summed E-state index contributed by atoms with van der Waals surface area (Å²) in [5, 5.41) is 4.85. The zero-order chi connectivity index (χ0) is 22.0. The number of carbonyl (C=O) groups is 1. The van der Waals surface area contributed by atoms with Crippen LogP contribution in [0.15, 0.2) is 65.9 Å². The zero-order valence-corrected chi connectivity index (χ0v) is 19.2. The number of allylic oxidation sites excluding steroid dienone is 1. The molecule has 2 heterocycles. The highest BCUT2D eigenvalue weighted by atomic mass is 16.2. The van der Waals surface area contributed by atoms with Crippen LogP contribution in [0.25, 0.3) is 10.8 Å². The van der Waals surface area contributed by atoms with Crippen molar-refractivity contribution in [2.24, 2.45) is 5.92 Å². The van der Waals surface area contributed by atoms with Gasteiger partial charge in [-0.25, -0.2) is 5.43 Å². The fourth-order valence-corrected chi connectivity index (χ4v) is 4.89. The standard InChI is InChI=1S/C27H35N3O/c1-5-6-7-15-24-26-20(4)16-25(31)29(17-19(2)3)27(26)28-30(24)18-22-13-10-12-21-11-8-9-14-23(21)22/h8-14,19,27-28H,4-7,15-18H2,1-3H3. The van der Waals surface area contributed by atoms with Gasteiger partial charge in [-0.1, -0.05) is 82.7 Å².